The minimum Gasteiger partial charge on any atom is -0.495 e. The summed E-state index contributed by atoms with van der Waals surface area (Å²) in [7, 11) is 0. The molecule has 1 heteroatoms. The first-order chi connectivity index (χ1) is 7.86. The molecule has 1 aliphatic carbocycles. The lowest BCUT2D eigenvalue weighted by molar-refractivity contribution is 0.176. The lowest BCUT2D eigenvalue weighted by atomic mass is 9.95. The smallest absolute Gasteiger partial charge is 0.0995 e. The van der Waals surface area contributed by atoms with E-state index in [9.17, 15) is 0 Å². The first-order valence-electron chi connectivity index (χ1n) is 6.89. The van der Waals surface area contributed by atoms with E-state index in [0.717, 1.165) is 0 Å². The number of rotatable bonds is 0. The van der Waals surface area contributed by atoms with Crippen molar-refractivity contribution in [3.8, 4) is 0 Å². The van der Waals surface area contributed by atoms with Crippen molar-refractivity contribution < 1.29 is 4.74 Å². The van der Waals surface area contributed by atoms with Gasteiger partial charge in [0.2, 0.25) is 0 Å². The summed E-state index contributed by atoms with van der Waals surface area (Å²) < 4.78 is 5.88. The Morgan fingerprint density at radius 1 is 1.12 bits per heavy atom. The van der Waals surface area contributed by atoms with E-state index in [-0.39, 0.29) is 0 Å². The maximum Gasteiger partial charge on any atom is 0.0995 e. The van der Waals surface area contributed by atoms with Crippen molar-refractivity contribution in [1.29, 1.82) is 0 Å². The van der Waals surface area contributed by atoms with E-state index < -0.39 is 0 Å². The Kier molecular flexibility index (Phi) is 4.50. The molecule has 2 rings (SSSR count). The van der Waals surface area contributed by atoms with Gasteiger partial charge in [0, 0.05) is 5.92 Å². The van der Waals surface area contributed by atoms with E-state index in [1.807, 2.05) is 0 Å². The molecule has 2 atom stereocenters. The zero-order valence-electron chi connectivity index (χ0n) is 10.5. The standard InChI is InChI=1S/C15H24O/c1-13-12-14-10-8-6-4-2-3-5-7-9-11-15(14)16-13/h7,9,11,13-14H,2-6,8,10,12H2,1H3. The third-order valence-electron chi connectivity index (χ3n) is 3.68. The summed E-state index contributed by atoms with van der Waals surface area (Å²) in [6.45, 7) is 2.19. The van der Waals surface area contributed by atoms with Gasteiger partial charge in [0.25, 0.3) is 0 Å². The molecule has 0 spiro atoms. The van der Waals surface area contributed by atoms with Crippen molar-refractivity contribution in [3.05, 3.63) is 24.0 Å². The van der Waals surface area contributed by atoms with E-state index in [1.54, 1.807) is 0 Å². The molecule has 0 aromatic rings. The predicted molar refractivity (Wildman–Crippen MR) is 68.2 cm³/mol. The van der Waals surface area contributed by atoms with Gasteiger partial charge in [0.1, 0.15) is 0 Å². The molecule has 0 N–H and O–H groups in total. The monoisotopic (exact) mass is 220 g/mol. The normalized spacial score (nSPS) is 31.9. The van der Waals surface area contributed by atoms with Crippen LogP contribution in [0.5, 0.6) is 0 Å². The third-order valence-corrected chi connectivity index (χ3v) is 3.68. The Morgan fingerprint density at radius 3 is 2.88 bits per heavy atom. The van der Waals surface area contributed by atoms with Crippen LogP contribution in [0.25, 0.3) is 0 Å². The van der Waals surface area contributed by atoms with E-state index in [0.29, 0.717) is 12.0 Å². The number of allylic oxidation sites excluding steroid dienone is 4. The highest BCUT2D eigenvalue weighted by Crippen LogP contribution is 2.33. The molecule has 0 aromatic heterocycles. The zero-order chi connectivity index (χ0) is 11.2. The molecule has 1 heterocycles. The molecule has 0 bridgehead atoms. The lowest BCUT2D eigenvalue weighted by Crippen LogP contribution is -1.98. The molecule has 16 heavy (non-hydrogen) atoms. The Balaban J connectivity index is 1.99. The van der Waals surface area contributed by atoms with Gasteiger partial charge in [-0.1, -0.05) is 37.8 Å². The van der Waals surface area contributed by atoms with Gasteiger partial charge in [-0.3, -0.25) is 0 Å². The van der Waals surface area contributed by atoms with E-state index in [2.05, 4.69) is 25.2 Å². The minimum absolute atomic E-state index is 0.426. The van der Waals surface area contributed by atoms with Crippen LogP contribution in [0.4, 0.5) is 0 Å². The molecule has 0 amide bonds. The molecule has 0 saturated carbocycles. The first-order valence-corrected chi connectivity index (χ1v) is 6.89. The summed E-state index contributed by atoms with van der Waals surface area (Å²) in [4.78, 5) is 0. The summed E-state index contributed by atoms with van der Waals surface area (Å²) in [5.74, 6) is 1.93. The average molecular weight is 220 g/mol. The summed E-state index contributed by atoms with van der Waals surface area (Å²) in [6.07, 6.45) is 17.8. The van der Waals surface area contributed by atoms with Crippen LogP contribution >= 0.6 is 0 Å². The van der Waals surface area contributed by atoms with Gasteiger partial charge < -0.3 is 4.74 Å². The number of fused-ring (bicyclic) bond motifs is 1. The number of hydrogen-bond acceptors (Lipinski definition) is 1. The van der Waals surface area contributed by atoms with Gasteiger partial charge in [-0.15, -0.1) is 0 Å². The van der Waals surface area contributed by atoms with Gasteiger partial charge in [-0.05, 0) is 38.7 Å². The van der Waals surface area contributed by atoms with Crippen LogP contribution in [-0.4, -0.2) is 6.10 Å². The van der Waals surface area contributed by atoms with Gasteiger partial charge in [-0.2, -0.15) is 0 Å². The maximum atomic E-state index is 5.88. The summed E-state index contributed by atoms with van der Waals surface area (Å²) in [6, 6.07) is 0. The maximum absolute atomic E-state index is 5.88. The summed E-state index contributed by atoms with van der Waals surface area (Å²) >= 11 is 0. The summed E-state index contributed by atoms with van der Waals surface area (Å²) in [5.41, 5.74) is 0. The highest BCUT2D eigenvalue weighted by atomic mass is 16.5. The summed E-state index contributed by atoms with van der Waals surface area (Å²) in [5, 5.41) is 0. The highest BCUT2D eigenvalue weighted by molar-refractivity contribution is 5.13. The zero-order valence-corrected chi connectivity index (χ0v) is 10.5. The van der Waals surface area contributed by atoms with Crippen LogP contribution in [0.15, 0.2) is 24.0 Å². The van der Waals surface area contributed by atoms with E-state index >= 15 is 0 Å². The Labute approximate surface area is 99.6 Å². The first kappa shape index (κ1) is 11.8. The van der Waals surface area contributed by atoms with Crippen LogP contribution < -0.4 is 0 Å². The fourth-order valence-corrected chi connectivity index (χ4v) is 2.77. The van der Waals surface area contributed by atoms with E-state index in [4.69, 9.17) is 4.74 Å². The van der Waals surface area contributed by atoms with Crippen LogP contribution in [-0.2, 0) is 4.74 Å². The lowest BCUT2D eigenvalue weighted by Gasteiger charge is -2.10. The van der Waals surface area contributed by atoms with Crippen LogP contribution in [0.3, 0.4) is 0 Å². The van der Waals surface area contributed by atoms with Crippen molar-refractivity contribution in [2.24, 2.45) is 5.92 Å². The highest BCUT2D eigenvalue weighted by Gasteiger charge is 2.27. The van der Waals surface area contributed by atoms with Gasteiger partial charge in [0.15, 0.2) is 0 Å². The topological polar surface area (TPSA) is 9.23 Å². The quantitative estimate of drug-likeness (QED) is 0.580. The fourth-order valence-electron chi connectivity index (χ4n) is 2.77. The van der Waals surface area contributed by atoms with Crippen LogP contribution in [0, 0.1) is 5.92 Å². The molecule has 0 radical (unpaired) electrons. The SMILES string of the molecule is CC1CC2CCCCCCCC=CC=C2O1. The van der Waals surface area contributed by atoms with Crippen LogP contribution in [0.2, 0.25) is 0 Å². The van der Waals surface area contributed by atoms with Crippen molar-refractivity contribution in [3.63, 3.8) is 0 Å². The van der Waals surface area contributed by atoms with Gasteiger partial charge in [0.05, 0.1) is 11.9 Å². The fraction of sp³-hybridized carbons (Fsp3) is 0.733. The van der Waals surface area contributed by atoms with Crippen molar-refractivity contribution >= 4 is 0 Å². The van der Waals surface area contributed by atoms with Crippen molar-refractivity contribution in [1.82, 2.24) is 0 Å². The Morgan fingerprint density at radius 2 is 1.94 bits per heavy atom. The molecule has 2 unspecified atom stereocenters. The van der Waals surface area contributed by atoms with Crippen molar-refractivity contribution in [2.45, 2.75) is 64.4 Å². The molecule has 1 saturated heterocycles. The second-order valence-electron chi connectivity index (χ2n) is 5.20. The molecule has 1 aliphatic heterocycles. The van der Waals surface area contributed by atoms with Gasteiger partial charge in [-0.25, -0.2) is 0 Å². The molecular weight excluding hydrogens is 196 g/mol. The second kappa shape index (κ2) is 6.12. The van der Waals surface area contributed by atoms with Crippen molar-refractivity contribution in [2.75, 3.05) is 0 Å². The van der Waals surface area contributed by atoms with Crippen LogP contribution in [0.1, 0.15) is 58.3 Å². The van der Waals surface area contributed by atoms with Gasteiger partial charge >= 0.3 is 0 Å². The van der Waals surface area contributed by atoms with E-state index in [1.165, 1.54) is 57.1 Å². The Bertz CT molecular complexity index is 265. The molecule has 0 aromatic carbocycles. The second-order valence-corrected chi connectivity index (χ2v) is 5.20. The average Bonchev–Trinajstić information content (AvgIpc) is 2.59. The minimum atomic E-state index is 0.426. The number of hydrogen-bond donors (Lipinski definition) is 0. The molecule has 2 aliphatic rings. The third kappa shape index (κ3) is 3.40. The number of ether oxygens (including phenoxy) is 1. The molecule has 90 valence electrons. The predicted octanol–water partition coefficient (Wildman–Crippen LogP) is 4.60. The Hall–Kier alpha value is -0.720. The molecular formula is C15H24O. The largest absolute Gasteiger partial charge is 0.495 e. The molecule has 1 nitrogen and oxygen atoms in total. The molecule has 1 fully saturated rings.